The maximum Gasteiger partial charge on any atom is 0.416 e. The summed E-state index contributed by atoms with van der Waals surface area (Å²) in [5, 5.41) is 9.95. The van der Waals surface area contributed by atoms with Gasteiger partial charge < -0.3 is 10.6 Å². The van der Waals surface area contributed by atoms with Crippen LogP contribution in [0.15, 0.2) is 36.7 Å². The molecule has 2 N–H and O–H groups in total. The number of likely N-dealkylation sites (N-methyl/N-ethyl adjacent to an activating group) is 1. The molecule has 1 aliphatic carbocycles. The Hall–Kier alpha value is -2.35. The molecule has 1 heterocycles. The first-order valence-corrected chi connectivity index (χ1v) is 8.86. The summed E-state index contributed by atoms with van der Waals surface area (Å²) < 4.78 is 40.8. The van der Waals surface area contributed by atoms with Crippen molar-refractivity contribution in [2.45, 2.75) is 36.9 Å². The predicted octanol–water partition coefficient (Wildman–Crippen LogP) is 2.94. The number of rotatable bonds is 6. The van der Waals surface area contributed by atoms with Gasteiger partial charge in [-0.05, 0) is 31.5 Å². The molecule has 0 radical (unpaired) electrons. The van der Waals surface area contributed by atoms with Crippen LogP contribution in [0.5, 0.6) is 0 Å². The van der Waals surface area contributed by atoms with Crippen LogP contribution in [-0.2, 0) is 23.4 Å². The number of aryl methyl sites for hydroxylation is 1. The highest BCUT2D eigenvalue weighted by molar-refractivity contribution is 5.83. The molecule has 0 aliphatic heterocycles. The summed E-state index contributed by atoms with van der Waals surface area (Å²) >= 11 is 0. The van der Waals surface area contributed by atoms with E-state index in [1.54, 1.807) is 37.2 Å². The van der Waals surface area contributed by atoms with E-state index in [9.17, 15) is 18.0 Å². The maximum absolute atomic E-state index is 13.0. The van der Waals surface area contributed by atoms with Gasteiger partial charge in [0.2, 0.25) is 5.91 Å². The number of nitrogens with zero attached hydrogens (tertiary/aromatic N) is 2. The molecule has 2 aromatic rings. The Bertz CT molecular complexity index is 811. The molecule has 5 nitrogen and oxygen atoms in total. The minimum absolute atomic E-state index is 0.219. The lowest BCUT2D eigenvalue weighted by atomic mass is 9.64. The van der Waals surface area contributed by atoms with Crippen molar-refractivity contribution in [2.75, 3.05) is 13.6 Å². The molecule has 0 saturated heterocycles. The van der Waals surface area contributed by atoms with Crippen molar-refractivity contribution in [1.29, 1.82) is 0 Å². The van der Waals surface area contributed by atoms with Crippen LogP contribution in [-0.4, -0.2) is 29.3 Å². The van der Waals surface area contributed by atoms with E-state index >= 15 is 0 Å². The summed E-state index contributed by atoms with van der Waals surface area (Å²) in [6.45, 7) is 0.311. The van der Waals surface area contributed by atoms with Crippen LogP contribution in [0.1, 0.15) is 42.0 Å². The monoisotopic (exact) mass is 380 g/mol. The molecular formula is C19H23F3N4O. The first kappa shape index (κ1) is 19.4. The molecular weight excluding hydrogens is 357 g/mol. The fourth-order valence-electron chi connectivity index (χ4n) is 3.59. The van der Waals surface area contributed by atoms with Crippen molar-refractivity contribution in [3.63, 3.8) is 0 Å². The zero-order valence-electron chi connectivity index (χ0n) is 15.3. The Labute approximate surface area is 155 Å². The first-order chi connectivity index (χ1) is 12.7. The molecule has 146 valence electrons. The van der Waals surface area contributed by atoms with Gasteiger partial charge in [0.15, 0.2) is 0 Å². The largest absolute Gasteiger partial charge is 0.416 e. The quantitative estimate of drug-likeness (QED) is 0.810. The lowest BCUT2D eigenvalue weighted by Crippen LogP contribution is -2.48. The fraction of sp³-hybridized carbons (Fsp3) is 0.474. The molecule has 0 bridgehead atoms. The lowest BCUT2D eigenvalue weighted by Gasteiger charge is -2.43. The van der Waals surface area contributed by atoms with E-state index in [2.05, 4.69) is 15.7 Å². The third-order valence-electron chi connectivity index (χ3n) is 5.32. The van der Waals surface area contributed by atoms with Crippen LogP contribution in [0.25, 0.3) is 0 Å². The van der Waals surface area contributed by atoms with Gasteiger partial charge in [0.05, 0.1) is 11.8 Å². The average molecular weight is 380 g/mol. The highest BCUT2D eigenvalue weighted by Gasteiger charge is 2.41. The number of carbonyl (C=O) groups is 1. The summed E-state index contributed by atoms with van der Waals surface area (Å²) in [6.07, 6.45) is 1.45. The van der Waals surface area contributed by atoms with E-state index in [0.29, 0.717) is 12.1 Å². The molecule has 1 saturated carbocycles. The summed E-state index contributed by atoms with van der Waals surface area (Å²) in [6, 6.07) is 4.89. The third-order valence-corrected chi connectivity index (χ3v) is 5.32. The van der Waals surface area contributed by atoms with E-state index in [4.69, 9.17) is 0 Å². The molecule has 1 unspecified atom stereocenters. The number of amides is 1. The van der Waals surface area contributed by atoms with Gasteiger partial charge in [0.1, 0.15) is 6.04 Å². The van der Waals surface area contributed by atoms with Crippen LogP contribution >= 0.6 is 0 Å². The van der Waals surface area contributed by atoms with Gasteiger partial charge in [-0.3, -0.25) is 9.48 Å². The molecule has 1 atom stereocenters. The summed E-state index contributed by atoms with van der Waals surface area (Å²) in [5.74, 6) is -0.219. The van der Waals surface area contributed by atoms with Crippen molar-refractivity contribution < 1.29 is 18.0 Å². The second-order valence-electron chi connectivity index (χ2n) is 7.10. The zero-order chi connectivity index (χ0) is 19.7. The summed E-state index contributed by atoms with van der Waals surface area (Å²) in [7, 11) is 3.45. The van der Waals surface area contributed by atoms with E-state index in [1.165, 1.54) is 12.1 Å². The van der Waals surface area contributed by atoms with Crippen molar-refractivity contribution >= 4 is 5.91 Å². The Morgan fingerprint density at radius 3 is 2.63 bits per heavy atom. The van der Waals surface area contributed by atoms with Crippen LogP contribution in [0.3, 0.4) is 0 Å². The zero-order valence-corrected chi connectivity index (χ0v) is 15.3. The number of alkyl halides is 3. The number of nitrogens with one attached hydrogen (secondary N) is 2. The number of halogens is 3. The third kappa shape index (κ3) is 4.00. The molecule has 1 aliphatic rings. The summed E-state index contributed by atoms with van der Waals surface area (Å²) in [5.41, 5.74) is 0.274. The Kier molecular flexibility index (Phi) is 5.28. The normalized spacial score (nSPS) is 17.2. The molecule has 8 heteroatoms. The van der Waals surface area contributed by atoms with Gasteiger partial charge in [-0.15, -0.1) is 0 Å². The second kappa shape index (κ2) is 7.34. The smallest absolute Gasteiger partial charge is 0.354 e. The van der Waals surface area contributed by atoms with E-state index in [1.807, 2.05) is 0 Å². The molecule has 1 amide bonds. The number of aromatic nitrogens is 2. The minimum Gasteiger partial charge on any atom is -0.354 e. The van der Waals surface area contributed by atoms with Crippen LogP contribution in [0.2, 0.25) is 0 Å². The van der Waals surface area contributed by atoms with Crippen molar-refractivity contribution in [1.82, 2.24) is 20.4 Å². The Balaban J connectivity index is 1.74. The van der Waals surface area contributed by atoms with Gasteiger partial charge in [-0.1, -0.05) is 24.6 Å². The highest BCUT2D eigenvalue weighted by atomic mass is 19.4. The maximum atomic E-state index is 13.0. The number of benzene rings is 1. The van der Waals surface area contributed by atoms with Crippen LogP contribution in [0, 0.1) is 0 Å². The minimum atomic E-state index is -4.37. The average Bonchev–Trinajstić information content (AvgIpc) is 3.00. The van der Waals surface area contributed by atoms with Crippen molar-refractivity contribution in [3.8, 4) is 0 Å². The standard InChI is InChI=1S/C19H23F3N4O/c1-23-16(13-10-25-26(2)11-13)17(27)24-12-18(7-4-8-18)14-5-3-6-15(9-14)19(20,21)22/h3,5-6,9-11,16,23H,4,7-8,12H2,1-2H3,(H,24,27). The molecule has 1 aromatic heterocycles. The SMILES string of the molecule is CNC(C(=O)NCC1(c2cccc(C(F)(F)F)c2)CCC1)c1cnn(C)c1. The molecule has 1 fully saturated rings. The second-order valence-corrected chi connectivity index (χ2v) is 7.10. The molecule has 3 rings (SSSR count). The molecule has 27 heavy (non-hydrogen) atoms. The van der Waals surface area contributed by atoms with E-state index in [0.717, 1.165) is 30.9 Å². The fourth-order valence-corrected chi connectivity index (χ4v) is 3.59. The van der Waals surface area contributed by atoms with Crippen LogP contribution in [0.4, 0.5) is 13.2 Å². The molecule has 1 aromatic carbocycles. The highest BCUT2D eigenvalue weighted by Crippen LogP contribution is 2.44. The topological polar surface area (TPSA) is 59.0 Å². The molecule has 0 spiro atoms. The van der Waals surface area contributed by atoms with E-state index in [-0.39, 0.29) is 5.91 Å². The van der Waals surface area contributed by atoms with Gasteiger partial charge in [-0.2, -0.15) is 18.3 Å². The van der Waals surface area contributed by atoms with Gasteiger partial charge in [0, 0.05) is 30.8 Å². The number of hydrogen-bond acceptors (Lipinski definition) is 3. The Morgan fingerprint density at radius 1 is 1.37 bits per heavy atom. The van der Waals surface area contributed by atoms with Crippen molar-refractivity contribution in [2.24, 2.45) is 7.05 Å². The van der Waals surface area contributed by atoms with Gasteiger partial charge >= 0.3 is 6.18 Å². The lowest BCUT2D eigenvalue weighted by molar-refractivity contribution is -0.137. The predicted molar refractivity (Wildman–Crippen MR) is 95.0 cm³/mol. The first-order valence-electron chi connectivity index (χ1n) is 8.86. The number of hydrogen-bond donors (Lipinski definition) is 2. The van der Waals surface area contributed by atoms with Gasteiger partial charge in [0.25, 0.3) is 0 Å². The van der Waals surface area contributed by atoms with Crippen LogP contribution < -0.4 is 10.6 Å². The Morgan fingerprint density at radius 2 is 2.11 bits per heavy atom. The van der Waals surface area contributed by atoms with Gasteiger partial charge in [-0.25, -0.2) is 0 Å². The van der Waals surface area contributed by atoms with E-state index < -0.39 is 23.2 Å². The van der Waals surface area contributed by atoms with Crippen molar-refractivity contribution in [3.05, 3.63) is 53.3 Å². The number of carbonyl (C=O) groups excluding carboxylic acids is 1. The summed E-state index contributed by atoms with van der Waals surface area (Å²) in [4.78, 5) is 12.6.